The minimum absolute atomic E-state index is 0.279. The highest BCUT2D eigenvalue weighted by atomic mass is 16.6. The second-order valence-electron chi connectivity index (χ2n) is 8.28. The van der Waals surface area contributed by atoms with Crippen molar-refractivity contribution >= 4 is 0 Å². The summed E-state index contributed by atoms with van der Waals surface area (Å²) in [6.45, 7) is 2.53. The first kappa shape index (κ1) is 24.5. The van der Waals surface area contributed by atoms with Gasteiger partial charge in [0.25, 0.3) is 0 Å². The Morgan fingerprint density at radius 3 is 2.00 bits per heavy atom. The smallest absolute Gasteiger partial charge is 0.118 e. The summed E-state index contributed by atoms with van der Waals surface area (Å²) in [7, 11) is 3.27. The van der Waals surface area contributed by atoms with Gasteiger partial charge in [0.2, 0.25) is 0 Å². The van der Waals surface area contributed by atoms with E-state index in [-0.39, 0.29) is 19.3 Å². The Kier molecular flexibility index (Phi) is 8.90. The van der Waals surface area contributed by atoms with Crippen LogP contribution in [0, 0.1) is 0 Å². The summed E-state index contributed by atoms with van der Waals surface area (Å²) in [6.07, 6.45) is -0.425. The number of hydrogen-bond acceptors (Lipinski definition) is 7. The van der Waals surface area contributed by atoms with Crippen molar-refractivity contribution in [1.82, 2.24) is 0 Å². The van der Waals surface area contributed by atoms with Crippen LogP contribution in [0.5, 0.6) is 11.5 Å². The first-order valence-electron chi connectivity index (χ1n) is 10.9. The standard InChI is InChI=1S/C25H34O7/c1-25(17-26)24(27)13-12-22(31-15-19-6-10-21(29-3)11-7-19)23(32-25)16-30-14-18-4-8-20(28-2)9-5-18/h4-11,22-24,26-27H,12-17H2,1-3H3/t22-,23+,24+,25-/m1/s1. The Bertz CT molecular complexity index is 808. The maximum absolute atomic E-state index is 10.5. The van der Waals surface area contributed by atoms with E-state index in [0.717, 1.165) is 22.6 Å². The van der Waals surface area contributed by atoms with Gasteiger partial charge < -0.3 is 33.9 Å². The van der Waals surface area contributed by atoms with Crippen molar-refractivity contribution in [1.29, 1.82) is 0 Å². The molecular weight excluding hydrogens is 412 g/mol. The summed E-state index contributed by atoms with van der Waals surface area (Å²) in [5.41, 5.74) is 0.963. The number of aliphatic hydroxyl groups is 2. The lowest BCUT2D eigenvalue weighted by Crippen LogP contribution is -2.48. The van der Waals surface area contributed by atoms with E-state index in [2.05, 4.69) is 0 Å². The second kappa shape index (κ2) is 11.6. The average molecular weight is 447 g/mol. The molecule has 7 nitrogen and oxygen atoms in total. The molecule has 4 atom stereocenters. The van der Waals surface area contributed by atoms with Gasteiger partial charge in [0.15, 0.2) is 0 Å². The SMILES string of the molecule is COc1ccc(COC[C@@H]2O[C@](C)(CO)[C@@H](O)CC[C@H]2OCc2ccc(OC)cc2)cc1. The summed E-state index contributed by atoms with van der Waals surface area (Å²) in [4.78, 5) is 0. The van der Waals surface area contributed by atoms with Gasteiger partial charge >= 0.3 is 0 Å². The van der Waals surface area contributed by atoms with E-state index in [0.29, 0.717) is 26.1 Å². The zero-order valence-corrected chi connectivity index (χ0v) is 19.0. The molecule has 0 aromatic heterocycles. The topological polar surface area (TPSA) is 86.6 Å². The molecule has 0 bridgehead atoms. The highest BCUT2D eigenvalue weighted by molar-refractivity contribution is 5.27. The molecule has 1 heterocycles. The van der Waals surface area contributed by atoms with Gasteiger partial charge in [-0.15, -0.1) is 0 Å². The van der Waals surface area contributed by atoms with Crippen LogP contribution < -0.4 is 9.47 Å². The third-order valence-electron chi connectivity index (χ3n) is 5.91. The summed E-state index contributed by atoms with van der Waals surface area (Å²) < 4.78 is 28.7. The zero-order chi connectivity index (χ0) is 23.0. The number of rotatable bonds is 10. The predicted octanol–water partition coefficient (Wildman–Crippen LogP) is 3.10. The molecule has 0 radical (unpaired) electrons. The number of aliphatic hydroxyl groups excluding tert-OH is 2. The van der Waals surface area contributed by atoms with Crippen molar-refractivity contribution in [3.05, 3.63) is 59.7 Å². The fourth-order valence-electron chi connectivity index (χ4n) is 3.73. The van der Waals surface area contributed by atoms with E-state index in [1.165, 1.54) is 0 Å². The summed E-state index contributed by atoms with van der Waals surface area (Å²) in [6, 6.07) is 15.4. The molecule has 0 amide bonds. The molecule has 1 saturated heterocycles. The lowest BCUT2D eigenvalue weighted by molar-refractivity contribution is -0.194. The van der Waals surface area contributed by atoms with E-state index in [1.807, 2.05) is 48.5 Å². The summed E-state index contributed by atoms with van der Waals surface area (Å²) in [5, 5.41) is 20.4. The van der Waals surface area contributed by atoms with Gasteiger partial charge in [-0.3, -0.25) is 0 Å². The second-order valence-corrected chi connectivity index (χ2v) is 8.28. The molecule has 0 spiro atoms. The fourth-order valence-corrected chi connectivity index (χ4v) is 3.73. The highest BCUT2D eigenvalue weighted by Crippen LogP contribution is 2.30. The molecule has 0 saturated carbocycles. The van der Waals surface area contributed by atoms with Crippen molar-refractivity contribution in [3.63, 3.8) is 0 Å². The van der Waals surface area contributed by atoms with Crippen LogP contribution in [0.1, 0.15) is 30.9 Å². The minimum Gasteiger partial charge on any atom is -0.497 e. The van der Waals surface area contributed by atoms with E-state index in [4.69, 9.17) is 23.7 Å². The Labute approximate surface area is 189 Å². The molecule has 1 fully saturated rings. The van der Waals surface area contributed by atoms with E-state index < -0.39 is 17.8 Å². The van der Waals surface area contributed by atoms with E-state index in [1.54, 1.807) is 21.1 Å². The maximum Gasteiger partial charge on any atom is 0.118 e. The first-order chi connectivity index (χ1) is 15.5. The monoisotopic (exact) mass is 446 g/mol. The van der Waals surface area contributed by atoms with Crippen molar-refractivity contribution in [3.8, 4) is 11.5 Å². The Hall–Kier alpha value is -2.16. The highest BCUT2D eigenvalue weighted by Gasteiger charge is 2.42. The van der Waals surface area contributed by atoms with Gasteiger partial charge in [-0.05, 0) is 55.2 Å². The quantitative estimate of drug-likeness (QED) is 0.580. The Morgan fingerprint density at radius 2 is 1.47 bits per heavy atom. The van der Waals surface area contributed by atoms with Gasteiger partial charge in [-0.1, -0.05) is 24.3 Å². The maximum atomic E-state index is 10.5. The van der Waals surface area contributed by atoms with Crippen LogP contribution in [-0.4, -0.2) is 61.6 Å². The molecule has 0 aliphatic carbocycles. The fraction of sp³-hybridized carbons (Fsp3) is 0.520. The van der Waals surface area contributed by atoms with Crippen LogP contribution in [0.2, 0.25) is 0 Å². The van der Waals surface area contributed by atoms with Gasteiger partial charge in [-0.2, -0.15) is 0 Å². The molecule has 3 rings (SSSR count). The van der Waals surface area contributed by atoms with Crippen LogP contribution in [0.25, 0.3) is 0 Å². The molecule has 2 aromatic carbocycles. The third-order valence-corrected chi connectivity index (χ3v) is 5.91. The predicted molar refractivity (Wildman–Crippen MR) is 120 cm³/mol. The summed E-state index contributed by atoms with van der Waals surface area (Å²) >= 11 is 0. The van der Waals surface area contributed by atoms with Crippen LogP contribution >= 0.6 is 0 Å². The first-order valence-corrected chi connectivity index (χ1v) is 10.9. The Balaban J connectivity index is 1.64. The number of methoxy groups -OCH3 is 2. The lowest BCUT2D eigenvalue weighted by Gasteiger charge is -2.35. The van der Waals surface area contributed by atoms with Gasteiger partial charge in [0.1, 0.15) is 23.2 Å². The molecule has 0 unspecified atom stereocenters. The van der Waals surface area contributed by atoms with Crippen molar-refractivity contribution in [2.45, 2.75) is 56.9 Å². The largest absolute Gasteiger partial charge is 0.497 e. The third kappa shape index (κ3) is 6.43. The average Bonchev–Trinajstić information content (AvgIpc) is 2.95. The van der Waals surface area contributed by atoms with Gasteiger partial charge in [0.05, 0.1) is 52.9 Å². The summed E-state index contributed by atoms with van der Waals surface area (Å²) in [5.74, 6) is 1.58. The molecule has 7 heteroatoms. The normalized spacial score (nSPS) is 25.8. The number of hydrogen-bond donors (Lipinski definition) is 2. The van der Waals surface area contributed by atoms with Crippen LogP contribution in [0.15, 0.2) is 48.5 Å². The lowest BCUT2D eigenvalue weighted by atomic mass is 9.96. The van der Waals surface area contributed by atoms with Gasteiger partial charge in [0, 0.05) is 0 Å². The van der Waals surface area contributed by atoms with Crippen molar-refractivity contribution in [2.24, 2.45) is 0 Å². The molecule has 32 heavy (non-hydrogen) atoms. The zero-order valence-electron chi connectivity index (χ0n) is 19.0. The van der Waals surface area contributed by atoms with Gasteiger partial charge in [-0.25, -0.2) is 0 Å². The molecule has 1 aliphatic rings. The van der Waals surface area contributed by atoms with Crippen molar-refractivity contribution < 1.29 is 33.9 Å². The number of ether oxygens (including phenoxy) is 5. The van der Waals surface area contributed by atoms with Crippen LogP contribution in [0.4, 0.5) is 0 Å². The van der Waals surface area contributed by atoms with Crippen LogP contribution in [0.3, 0.4) is 0 Å². The molecule has 1 aliphatic heterocycles. The van der Waals surface area contributed by atoms with Crippen LogP contribution in [-0.2, 0) is 27.4 Å². The molecule has 2 N–H and O–H groups in total. The molecular formula is C25H34O7. The molecule has 2 aromatic rings. The minimum atomic E-state index is -1.06. The number of benzene rings is 2. The molecule has 176 valence electrons. The van der Waals surface area contributed by atoms with E-state index in [9.17, 15) is 10.2 Å². The van der Waals surface area contributed by atoms with Crippen molar-refractivity contribution in [2.75, 3.05) is 27.4 Å². The van der Waals surface area contributed by atoms with E-state index >= 15 is 0 Å². The Morgan fingerprint density at radius 1 is 0.906 bits per heavy atom.